The number of aromatic nitrogens is 2. The number of hydrogen-bond acceptors (Lipinski definition) is 4. The molecule has 0 spiro atoms. The Morgan fingerprint density at radius 2 is 2.19 bits per heavy atom. The molecular weight excluding hydrogens is 270 g/mol. The summed E-state index contributed by atoms with van der Waals surface area (Å²) in [5, 5.41) is 14.5. The molecule has 1 unspecified atom stereocenters. The standard InChI is InChI=1S/C15H23N3O3/c1-2-5-18-13-4-3-11(19)10-12(13)14(16-18)15(20)17-6-8-21-9-7-17/h11,19H,2-10H2,1H3. The van der Waals surface area contributed by atoms with Crippen LogP contribution in [-0.4, -0.2) is 58.1 Å². The molecule has 3 rings (SSSR count). The van der Waals surface area contributed by atoms with E-state index >= 15 is 0 Å². The zero-order valence-corrected chi connectivity index (χ0v) is 12.5. The quantitative estimate of drug-likeness (QED) is 0.887. The van der Waals surface area contributed by atoms with E-state index in [1.54, 1.807) is 0 Å². The minimum atomic E-state index is -0.354. The summed E-state index contributed by atoms with van der Waals surface area (Å²) < 4.78 is 7.27. The second-order valence-corrected chi connectivity index (χ2v) is 5.80. The number of aliphatic hydroxyl groups is 1. The number of ether oxygens (including phenoxy) is 1. The first-order chi connectivity index (χ1) is 10.2. The molecule has 1 aliphatic heterocycles. The lowest BCUT2D eigenvalue weighted by atomic mass is 9.93. The molecule has 1 aliphatic carbocycles. The van der Waals surface area contributed by atoms with Crippen molar-refractivity contribution in [1.82, 2.24) is 14.7 Å². The van der Waals surface area contributed by atoms with Crippen molar-refractivity contribution in [1.29, 1.82) is 0 Å². The van der Waals surface area contributed by atoms with Crippen LogP contribution in [0.3, 0.4) is 0 Å². The second-order valence-electron chi connectivity index (χ2n) is 5.80. The first-order valence-corrected chi connectivity index (χ1v) is 7.84. The Balaban J connectivity index is 1.91. The maximum Gasteiger partial charge on any atom is 0.274 e. The van der Waals surface area contributed by atoms with Gasteiger partial charge >= 0.3 is 0 Å². The van der Waals surface area contributed by atoms with Crippen molar-refractivity contribution in [2.24, 2.45) is 0 Å². The van der Waals surface area contributed by atoms with Gasteiger partial charge in [-0.05, 0) is 19.3 Å². The van der Waals surface area contributed by atoms with Crippen LogP contribution < -0.4 is 0 Å². The van der Waals surface area contributed by atoms with Crippen molar-refractivity contribution in [2.75, 3.05) is 26.3 Å². The van der Waals surface area contributed by atoms with E-state index in [9.17, 15) is 9.90 Å². The summed E-state index contributed by atoms with van der Waals surface area (Å²) in [7, 11) is 0. The molecule has 1 N–H and O–H groups in total. The molecule has 2 heterocycles. The van der Waals surface area contributed by atoms with Crippen LogP contribution in [0.25, 0.3) is 0 Å². The Hall–Kier alpha value is -1.40. The highest BCUT2D eigenvalue weighted by molar-refractivity contribution is 5.94. The monoisotopic (exact) mass is 293 g/mol. The smallest absolute Gasteiger partial charge is 0.274 e. The van der Waals surface area contributed by atoms with Gasteiger partial charge in [-0.25, -0.2) is 0 Å². The van der Waals surface area contributed by atoms with Crippen molar-refractivity contribution in [3.05, 3.63) is 17.0 Å². The molecule has 1 amide bonds. The number of aliphatic hydroxyl groups excluding tert-OH is 1. The number of nitrogens with zero attached hydrogens (tertiary/aromatic N) is 3. The topological polar surface area (TPSA) is 67.6 Å². The Morgan fingerprint density at radius 1 is 1.43 bits per heavy atom. The van der Waals surface area contributed by atoms with Gasteiger partial charge in [0.25, 0.3) is 5.91 Å². The molecule has 116 valence electrons. The summed E-state index contributed by atoms with van der Waals surface area (Å²) in [6.45, 7) is 5.36. The van der Waals surface area contributed by atoms with Crippen LogP contribution in [0, 0.1) is 0 Å². The molecule has 0 aromatic carbocycles. The van der Waals surface area contributed by atoms with Gasteiger partial charge in [-0.3, -0.25) is 9.48 Å². The SMILES string of the molecule is CCCn1nc(C(=O)N2CCOCC2)c2c1CCC(O)C2. The normalized spacial score (nSPS) is 22.2. The molecule has 2 aliphatic rings. The fraction of sp³-hybridized carbons (Fsp3) is 0.733. The van der Waals surface area contributed by atoms with Gasteiger partial charge in [0.15, 0.2) is 5.69 Å². The Morgan fingerprint density at radius 3 is 2.90 bits per heavy atom. The van der Waals surface area contributed by atoms with Crippen LogP contribution in [0.2, 0.25) is 0 Å². The molecule has 1 saturated heterocycles. The van der Waals surface area contributed by atoms with Gasteiger partial charge in [0.1, 0.15) is 0 Å². The van der Waals surface area contributed by atoms with Crippen LogP contribution >= 0.6 is 0 Å². The van der Waals surface area contributed by atoms with Crippen LogP contribution in [-0.2, 0) is 24.1 Å². The van der Waals surface area contributed by atoms with Crippen LogP contribution in [0.1, 0.15) is 41.5 Å². The highest BCUT2D eigenvalue weighted by Crippen LogP contribution is 2.26. The molecule has 21 heavy (non-hydrogen) atoms. The third-order valence-electron chi connectivity index (χ3n) is 4.26. The lowest BCUT2D eigenvalue weighted by Gasteiger charge is -2.27. The number of amides is 1. The van der Waals surface area contributed by atoms with E-state index in [4.69, 9.17) is 4.74 Å². The Labute approximate surface area is 124 Å². The summed E-state index contributed by atoms with van der Waals surface area (Å²) in [5.74, 6) is -0.0153. The number of fused-ring (bicyclic) bond motifs is 1. The molecule has 6 nitrogen and oxygen atoms in total. The average molecular weight is 293 g/mol. The van der Waals surface area contributed by atoms with Gasteiger partial charge < -0.3 is 14.7 Å². The molecular formula is C15H23N3O3. The lowest BCUT2D eigenvalue weighted by molar-refractivity contribution is 0.0297. The van der Waals surface area contributed by atoms with E-state index in [0.29, 0.717) is 38.4 Å². The number of carbonyl (C=O) groups is 1. The van der Waals surface area contributed by atoms with E-state index in [-0.39, 0.29) is 12.0 Å². The molecule has 6 heteroatoms. The van der Waals surface area contributed by atoms with Gasteiger partial charge in [0.2, 0.25) is 0 Å². The summed E-state index contributed by atoms with van der Waals surface area (Å²) in [4.78, 5) is 14.5. The minimum Gasteiger partial charge on any atom is -0.393 e. The molecule has 0 radical (unpaired) electrons. The van der Waals surface area contributed by atoms with Crippen molar-refractivity contribution < 1.29 is 14.6 Å². The largest absolute Gasteiger partial charge is 0.393 e. The summed E-state index contributed by atoms with van der Waals surface area (Å²) in [5.41, 5.74) is 2.64. The van der Waals surface area contributed by atoms with Crippen molar-refractivity contribution in [3.8, 4) is 0 Å². The van der Waals surface area contributed by atoms with E-state index < -0.39 is 0 Å². The zero-order chi connectivity index (χ0) is 14.8. The molecule has 1 fully saturated rings. The van der Waals surface area contributed by atoms with Gasteiger partial charge in [0, 0.05) is 37.3 Å². The maximum absolute atomic E-state index is 12.7. The fourth-order valence-corrected chi connectivity index (χ4v) is 3.15. The first-order valence-electron chi connectivity index (χ1n) is 7.84. The van der Waals surface area contributed by atoms with Gasteiger partial charge in [-0.1, -0.05) is 6.92 Å². The van der Waals surface area contributed by atoms with Gasteiger partial charge in [-0.2, -0.15) is 5.10 Å². The van der Waals surface area contributed by atoms with Gasteiger partial charge in [0.05, 0.1) is 19.3 Å². The summed E-state index contributed by atoms with van der Waals surface area (Å²) >= 11 is 0. The van der Waals surface area contributed by atoms with E-state index in [1.165, 1.54) is 0 Å². The highest BCUT2D eigenvalue weighted by atomic mass is 16.5. The average Bonchev–Trinajstić information content (AvgIpc) is 2.86. The number of hydrogen-bond donors (Lipinski definition) is 1. The number of carbonyl (C=O) groups excluding carboxylic acids is 1. The highest BCUT2D eigenvalue weighted by Gasteiger charge is 2.30. The van der Waals surface area contributed by atoms with Crippen molar-refractivity contribution in [3.63, 3.8) is 0 Å². The predicted molar refractivity (Wildman–Crippen MR) is 77.3 cm³/mol. The lowest BCUT2D eigenvalue weighted by Crippen LogP contribution is -2.41. The number of rotatable bonds is 3. The molecule has 0 saturated carbocycles. The minimum absolute atomic E-state index is 0.0153. The molecule has 1 aromatic rings. The van der Waals surface area contributed by atoms with E-state index in [1.807, 2.05) is 9.58 Å². The van der Waals surface area contributed by atoms with E-state index in [0.717, 1.165) is 37.1 Å². The molecule has 1 aromatic heterocycles. The zero-order valence-electron chi connectivity index (χ0n) is 12.5. The van der Waals surface area contributed by atoms with E-state index in [2.05, 4.69) is 12.0 Å². The Bertz CT molecular complexity index is 520. The Kier molecular flexibility index (Phi) is 4.26. The third-order valence-corrected chi connectivity index (χ3v) is 4.26. The fourth-order valence-electron chi connectivity index (χ4n) is 3.15. The molecule has 0 bridgehead atoms. The first kappa shape index (κ1) is 14.5. The molecule has 1 atom stereocenters. The van der Waals surface area contributed by atoms with Crippen LogP contribution in [0.4, 0.5) is 0 Å². The number of morpholine rings is 1. The van der Waals surface area contributed by atoms with Crippen molar-refractivity contribution >= 4 is 5.91 Å². The maximum atomic E-state index is 12.7. The summed E-state index contributed by atoms with van der Waals surface area (Å²) in [6.07, 6.45) is 2.74. The predicted octanol–water partition coefficient (Wildman–Crippen LogP) is 0.615. The third kappa shape index (κ3) is 2.82. The van der Waals surface area contributed by atoms with Crippen LogP contribution in [0.15, 0.2) is 0 Å². The van der Waals surface area contributed by atoms with Crippen LogP contribution in [0.5, 0.6) is 0 Å². The second kappa shape index (κ2) is 6.15. The number of aryl methyl sites for hydroxylation is 1. The summed E-state index contributed by atoms with van der Waals surface area (Å²) in [6, 6.07) is 0. The van der Waals surface area contributed by atoms with Gasteiger partial charge in [-0.15, -0.1) is 0 Å². The van der Waals surface area contributed by atoms with Crippen molar-refractivity contribution in [2.45, 2.75) is 45.3 Å².